The molecule has 0 aliphatic carbocycles. The third kappa shape index (κ3) is 4.17. The van der Waals surface area contributed by atoms with Gasteiger partial charge in [-0.15, -0.1) is 0 Å². The highest BCUT2D eigenvalue weighted by molar-refractivity contribution is 6.33. The van der Waals surface area contributed by atoms with Gasteiger partial charge in [-0.05, 0) is 36.8 Å². The molecule has 1 aromatic heterocycles. The van der Waals surface area contributed by atoms with Crippen molar-refractivity contribution in [2.45, 2.75) is 0 Å². The summed E-state index contributed by atoms with van der Waals surface area (Å²) in [4.78, 5) is 24.9. The molecular formula is C17H20Cl2N6O. The van der Waals surface area contributed by atoms with Gasteiger partial charge in [-0.2, -0.15) is 4.98 Å². The fraction of sp³-hybridized carbons (Fsp3) is 0.353. The van der Waals surface area contributed by atoms with Gasteiger partial charge in [0.15, 0.2) is 5.82 Å². The van der Waals surface area contributed by atoms with E-state index in [-0.39, 0.29) is 11.2 Å². The maximum Gasteiger partial charge on any atom is 0.253 e. The second-order valence-corrected chi connectivity index (χ2v) is 6.81. The minimum atomic E-state index is -0.195. The molecule has 7 nitrogen and oxygen atoms in total. The van der Waals surface area contributed by atoms with Crippen LogP contribution in [-0.2, 0) is 0 Å². The van der Waals surface area contributed by atoms with E-state index in [4.69, 9.17) is 23.2 Å². The van der Waals surface area contributed by atoms with Gasteiger partial charge in [0, 0.05) is 38.9 Å². The van der Waals surface area contributed by atoms with E-state index < -0.39 is 0 Å². The number of piperazine rings is 1. The summed E-state index contributed by atoms with van der Waals surface area (Å²) in [6.45, 7) is 3.82. The smallest absolute Gasteiger partial charge is 0.253 e. The highest BCUT2D eigenvalue weighted by Gasteiger charge is 2.18. The Hall–Kier alpha value is -2.09. The van der Waals surface area contributed by atoms with Crippen molar-refractivity contribution in [2.24, 2.45) is 0 Å². The van der Waals surface area contributed by atoms with E-state index >= 15 is 0 Å². The first kappa shape index (κ1) is 18.7. The van der Waals surface area contributed by atoms with Crippen LogP contribution in [0.5, 0.6) is 0 Å². The third-order valence-electron chi connectivity index (χ3n) is 4.31. The lowest BCUT2D eigenvalue weighted by Gasteiger charge is -2.34. The predicted octanol–water partition coefficient (Wildman–Crippen LogP) is 2.64. The Bertz CT molecular complexity index is 808. The molecule has 0 saturated carbocycles. The second-order valence-electron chi connectivity index (χ2n) is 6.06. The van der Waals surface area contributed by atoms with Gasteiger partial charge in [0.1, 0.15) is 5.02 Å². The molecule has 0 unspecified atom stereocenters. The summed E-state index contributed by atoms with van der Waals surface area (Å²) >= 11 is 12.0. The maximum atomic E-state index is 12.4. The van der Waals surface area contributed by atoms with E-state index in [1.165, 1.54) is 6.20 Å². The molecule has 2 N–H and O–H groups in total. The van der Waals surface area contributed by atoms with Gasteiger partial charge in [0.2, 0.25) is 5.28 Å². The molecule has 26 heavy (non-hydrogen) atoms. The Morgan fingerprint density at radius 2 is 1.92 bits per heavy atom. The lowest BCUT2D eigenvalue weighted by molar-refractivity contribution is 0.0964. The van der Waals surface area contributed by atoms with Crippen LogP contribution in [0.4, 0.5) is 17.2 Å². The first-order valence-electron chi connectivity index (χ1n) is 8.22. The average Bonchev–Trinajstić information content (AvgIpc) is 2.65. The number of hydrogen-bond acceptors (Lipinski definition) is 6. The zero-order valence-corrected chi connectivity index (χ0v) is 16.1. The summed E-state index contributed by atoms with van der Waals surface area (Å²) < 4.78 is 0. The Morgan fingerprint density at radius 3 is 2.62 bits per heavy atom. The predicted molar refractivity (Wildman–Crippen MR) is 105 cm³/mol. The Labute approximate surface area is 162 Å². The van der Waals surface area contributed by atoms with Crippen molar-refractivity contribution >= 4 is 46.3 Å². The van der Waals surface area contributed by atoms with Gasteiger partial charge in [0.25, 0.3) is 5.91 Å². The average molecular weight is 395 g/mol. The molecule has 0 atom stereocenters. The van der Waals surface area contributed by atoms with E-state index in [0.717, 1.165) is 31.9 Å². The van der Waals surface area contributed by atoms with Crippen molar-refractivity contribution in [2.75, 3.05) is 50.5 Å². The van der Waals surface area contributed by atoms with Crippen LogP contribution in [0, 0.1) is 0 Å². The third-order valence-corrected chi connectivity index (χ3v) is 4.77. The number of carbonyl (C=O) groups excluding carboxylic acids is 1. The summed E-state index contributed by atoms with van der Waals surface area (Å²) in [6.07, 6.45) is 1.41. The number of amides is 1. The minimum Gasteiger partial charge on any atom is -0.369 e. The van der Waals surface area contributed by atoms with Crippen molar-refractivity contribution < 1.29 is 4.79 Å². The molecular weight excluding hydrogens is 375 g/mol. The highest BCUT2D eigenvalue weighted by Crippen LogP contribution is 2.29. The van der Waals surface area contributed by atoms with Crippen molar-refractivity contribution in [3.63, 3.8) is 0 Å². The molecule has 3 rings (SSSR count). The van der Waals surface area contributed by atoms with Crippen molar-refractivity contribution in [1.82, 2.24) is 20.2 Å². The van der Waals surface area contributed by atoms with Crippen LogP contribution in [0.3, 0.4) is 0 Å². The monoisotopic (exact) mass is 394 g/mol. The lowest BCUT2D eigenvalue weighted by atomic mass is 10.1. The quantitative estimate of drug-likeness (QED) is 0.776. The van der Waals surface area contributed by atoms with Gasteiger partial charge in [0.05, 0.1) is 17.4 Å². The molecule has 0 bridgehead atoms. The maximum absolute atomic E-state index is 12.4. The van der Waals surface area contributed by atoms with Crippen LogP contribution in [0.2, 0.25) is 10.3 Å². The first-order valence-corrected chi connectivity index (χ1v) is 8.98. The molecule has 0 spiro atoms. The Balaban J connectivity index is 1.92. The second kappa shape index (κ2) is 8.07. The number of likely N-dealkylation sites (N-methyl/N-ethyl adjacent to an activating group) is 1. The van der Waals surface area contributed by atoms with Crippen LogP contribution >= 0.6 is 23.2 Å². The number of carbonyl (C=O) groups is 1. The number of rotatable bonds is 4. The molecule has 2 aromatic rings. The summed E-state index contributed by atoms with van der Waals surface area (Å²) in [6, 6.07) is 5.71. The number of benzene rings is 1. The largest absolute Gasteiger partial charge is 0.369 e. The minimum absolute atomic E-state index is 0.0763. The van der Waals surface area contributed by atoms with Gasteiger partial charge in [-0.3, -0.25) is 4.79 Å². The van der Waals surface area contributed by atoms with Crippen LogP contribution in [-0.4, -0.2) is 61.0 Å². The summed E-state index contributed by atoms with van der Waals surface area (Å²) in [5, 5.41) is 6.15. The van der Waals surface area contributed by atoms with E-state index in [9.17, 15) is 4.79 Å². The van der Waals surface area contributed by atoms with Crippen LogP contribution in [0.15, 0.2) is 24.4 Å². The zero-order chi connectivity index (χ0) is 18.7. The van der Waals surface area contributed by atoms with Crippen molar-refractivity contribution in [3.05, 3.63) is 40.3 Å². The molecule has 1 aliphatic rings. The normalized spacial score (nSPS) is 15.0. The topological polar surface area (TPSA) is 73.4 Å². The lowest BCUT2D eigenvalue weighted by Crippen LogP contribution is -2.44. The molecule has 9 heteroatoms. The number of anilines is 3. The number of nitrogens with zero attached hydrogens (tertiary/aromatic N) is 4. The van der Waals surface area contributed by atoms with E-state index in [1.807, 2.05) is 18.2 Å². The fourth-order valence-electron chi connectivity index (χ4n) is 2.79. The van der Waals surface area contributed by atoms with Crippen LogP contribution in [0.1, 0.15) is 10.4 Å². The van der Waals surface area contributed by atoms with Crippen LogP contribution in [0.25, 0.3) is 0 Å². The van der Waals surface area contributed by atoms with Crippen molar-refractivity contribution in [3.8, 4) is 0 Å². The Morgan fingerprint density at radius 1 is 1.19 bits per heavy atom. The zero-order valence-electron chi connectivity index (χ0n) is 14.6. The highest BCUT2D eigenvalue weighted by atomic mass is 35.5. The molecule has 1 aliphatic heterocycles. The molecule has 1 aromatic carbocycles. The number of nitrogens with one attached hydrogen (secondary N) is 2. The van der Waals surface area contributed by atoms with Crippen LogP contribution < -0.4 is 15.5 Å². The fourth-order valence-corrected chi connectivity index (χ4v) is 3.06. The SMILES string of the molecule is CNC(=O)c1cc(N2CCN(C)CC2)ccc1Nc1nc(Cl)ncc1Cl. The molecule has 1 saturated heterocycles. The van der Waals surface area contributed by atoms with Gasteiger partial charge in [-0.1, -0.05) is 11.6 Å². The molecule has 1 amide bonds. The number of aromatic nitrogens is 2. The standard InChI is InChI=1S/C17H20Cl2N6O/c1-20-16(26)12-9-11(25-7-5-24(2)6-8-25)3-4-14(12)22-15-13(18)10-21-17(19)23-15/h3-4,9-10H,5-8H2,1-2H3,(H,20,26)(H,21,22,23). The van der Waals surface area contributed by atoms with E-state index in [1.54, 1.807) is 7.05 Å². The van der Waals surface area contributed by atoms with E-state index in [0.29, 0.717) is 22.1 Å². The molecule has 2 heterocycles. The van der Waals surface area contributed by atoms with Gasteiger partial charge < -0.3 is 20.4 Å². The van der Waals surface area contributed by atoms with E-state index in [2.05, 4.69) is 37.4 Å². The Kier molecular flexibility index (Phi) is 5.80. The number of hydrogen-bond donors (Lipinski definition) is 2. The summed E-state index contributed by atoms with van der Waals surface area (Å²) in [7, 11) is 3.71. The molecule has 138 valence electrons. The molecule has 1 fully saturated rings. The summed E-state index contributed by atoms with van der Waals surface area (Å²) in [5.41, 5.74) is 2.11. The first-order chi connectivity index (χ1) is 12.5. The summed E-state index contributed by atoms with van der Waals surface area (Å²) in [5.74, 6) is 0.156. The molecule has 0 radical (unpaired) electrons. The van der Waals surface area contributed by atoms with Gasteiger partial charge in [-0.25, -0.2) is 4.98 Å². The van der Waals surface area contributed by atoms with Crippen molar-refractivity contribution in [1.29, 1.82) is 0 Å². The van der Waals surface area contributed by atoms with Gasteiger partial charge >= 0.3 is 0 Å². The number of halogens is 2.